The third-order valence-electron chi connectivity index (χ3n) is 5.73. The van der Waals surface area contributed by atoms with E-state index in [-0.39, 0.29) is 0 Å². The highest BCUT2D eigenvalue weighted by molar-refractivity contribution is 8.00. The number of hydrogen-bond donors (Lipinski definition) is 7. The zero-order chi connectivity index (χ0) is 25.3. The normalized spacial score (nSPS) is 39.4. The van der Waals surface area contributed by atoms with Gasteiger partial charge in [0.05, 0.1) is 18.0 Å². The van der Waals surface area contributed by atoms with Crippen LogP contribution in [-0.2, 0) is 14.2 Å². The molecule has 200 valence electrons. The Balaban J connectivity index is 1.56. The summed E-state index contributed by atoms with van der Waals surface area (Å²) in [6, 6.07) is 0. The van der Waals surface area contributed by atoms with Crippen LogP contribution in [0.15, 0.2) is 4.99 Å². The number of thioether (sulfide) groups is 2. The summed E-state index contributed by atoms with van der Waals surface area (Å²) in [4.78, 5) is 4.29. The number of aliphatic hydroxyl groups excluding tert-OH is 6. The highest BCUT2D eigenvalue weighted by Gasteiger charge is 2.44. The Hall–Kier alpha value is -0.190. The third kappa shape index (κ3) is 8.73. The summed E-state index contributed by atoms with van der Waals surface area (Å²) < 4.78 is 16.4. The maximum absolute atomic E-state index is 10.2. The molecule has 8 N–H and O–H groups in total. The number of rotatable bonds is 13. The molecule has 2 aliphatic rings. The summed E-state index contributed by atoms with van der Waals surface area (Å²) >= 11 is 2.88. The van der Waals surface area contributed by atoms with Gasteiger partial charge in [0.25, 0.3) is 0 Å². The van der Waals surface area contributed by atoms with Crippen molar-refractivity contribution in [3.05, 3.63) is 0 Å². The quantitative estimate of drug-likeness (QED) is 0.0847. The topological polar surface area (TPSA) is 187 Å². The molecule has 34 heavy (non-hydrogen) atoms. The summed E-state index contributed by atoms with van der Waals surface area (Å²) in [7, 11) is 0. The van der Waals surface area contributed by atoms with E-state index in [4.69, 9.17) is 19.9 Å². The summed E-state index contributed by atoms with van der Waals surface area (Å²) in [5.41, 5.74) is 5.22. The summed E-state index contributed by atoms with van der Waals surface area (Å²) in [5, 5.41) is 60.0. The van der Waals surface area contributed by atoms with Gasteiger partial charge in [0.1, 0.15) is 47.9 Å². The van der Waals surface area contributed by atoms with Crippen LogP contribution in [0.4, 0.5) is 0 Å². The van der Waals surface area contributed by atoms with Crippen LogP contribution in [0, 0.1) is 0 Å². The SMILES string of the molecule is CCCC1OC(O)C(OCCCSCCN=C(N)CSC2OC(C)C(O)C(O)C2O)C(O)C1O. The largest absolute Gasteiger partial charge is 0.388 e. The van der Waals surface area contributed by atoms with Gasteiger partial charge in [0, 0.05) is 18.9 Å². The van der Waals surface area contributed by atoms with Crippen LogP contribution in [0.2, 0.25) is 0 Å². The van der Waals surface area contributed by atoms with E-state index in [9.17, 15) is 30.6 Å². The van der Waals surface area contributed by atoms with Crippen molar-refractivity contribution in [2.24, 2.45) is 10.7 Å². The molecule has 0 aromatic carbocycles. The van der Waals surface area contributed by atoms with E-state index in [2.05, 4.69) is 4.99 Å². The second kappa shape index (κ2) is 15.2. The van der Waals surface area contributed by atoms with E-state index in [0.29, 0.717) is 37.6 Å². The zero-order valence-electron chi connectivity index (χ0n) is 19.7. The number of nitrogens with zero attached hydrogens (tertiary/aromatic N) is 1. The molecule has 0 spiro atoms. The minimum atomic E-state index is -1.27. The maximum Gasteiger partial charge on any atom is 0.184 e. The minimum Gasteiger partial charge on any atom is -0.388 e. The molecule has 2 saturated heterocycles. The number of amidine groups is 1. The lowest BCUT2D eigenvalue weighted by molar-refractivity contribution is -0.292. The van der Waals surface area contributed by atoms with Gasteiger partial charge >= 0.3 is 0 Å². The Morgan fingerprint density at radius 1 is 0.971 bits per heavy atom. The van der Waals surface area contributed by atoms with Gasteiger partial charge in [0.15, 0.2) is 6.29 Å². The average Bonchev–Trinajstić information content (AvgIpc) is 2.81. The summed E-state index contributed by atoms with van der Waals surface area (Å²) in [5.74, 6) is 2.25. The van der Waals surface area contributed by atoms with Crippen molar-refractivity contribution >= 4 is 29.4 Å². The molecule has 0 radical (unpaired) electrons. The van der Waals surface area contributed by atoms with Crippen LogP contribution in [0.25, 0.3) is 0 Å². The van der Waals surface area contributed by atoms with Crippen molar-refractivity contribution < 1.29 is 44.8 Å². The highest BCUT2D eigenvalue weighted by Crippen LogP contribution is 2.28. The van der Waals surface area contributed by atoms with Crippen LogP contribution in [0.3, 0.4) is 0 Å². The van der Waals surface area contributed by atoms with E-state index < -0.39 is 60.6 Å². The summed E-state index contributed by atoms with van der Waals surface area (Å²) in [6.45, 7) is 4.39. The molecule has 11 nitrogen and oxygen atoms in total. The molecule has 10 atom stereocenters. The van der Waals surface area contributed by atoms with Gasteiger partial charge in [-0.05, 0) is 25.5 Å². The Kier molecular flexibility index (Phi) is 13.4. The molecular formula is C21H40N2O9S2. The predicted octanol–water partition coefficient (Wildman–Crippen LogP) is -1.35. The number of nitrogens with two attached hydrogens (primary N) is 1. The molecule has 0 amide bonds. The highest BCUT2D eigenvalue weighted by atomic mass is 32.2. The van der Waals surface area contributed by atoms with Crippen molar-refractivity contribution in [3.8, 4) is 0 Å². The molecule has 2 rings (SSSR count). The average molecular weight is 529 g/mol. The second-order valence-corrected chi connectivity index (χ2v) is 10.8. The first-order valence-electron chi connectivity index (χ1n) is 11.7. The van der Waals surface area contributed by atoms with Crippen LogP contribution in [0.1, 0.15) is 33.1 Å². The van der Waals surface area contributed by atoms with Gasteiger partial charge in [-0.2, -0.15) is 11.8 Å². The molecular weight excluding hydrogens is 488 g/mol. The van der Waals surface area contributed by atoms with Crippen molar-refractivity contribution in [2.45, 2.75) is 93.7 Å². The van der Waals surface area contributed by atoms with Gasteiger partial charge in [0.2, 0.25) is 0 Å². The predicted molar refractivity (Wildman–Crippen MR) is 131 cm³/mol. The fourth-order valence-electron chi connectivity index (χ4n) is 3.72. The van der Waals surface area contributed by atoms with Crippen molar-refractivity contribution in [2.75, 3.05) is 30.4 Å². The van der Waals surface area contributed by atoms with Crippen LogP contribution in [-0.4, -0.2) is 127 Å². The Morgan fingerprint density at radius 3 is 2.41 bits per heavy atom. The molecule has 0 saturated carbocycles. The van der Waals surface area contributed by atoms with Gasteiger partial charge in [-0.1, -0.05) is 13.3 Å². The van der Waals surface area contributed by atoms with Crippen molar-refractivity contribution in [1.29, 1.82) is 0 Å². The first-order valence-corrected chi connectivity index (χ1v) is 13.9. The van der Waals surface area contributed by atoms with Crippen LogP contribution >= 0.6 is 23.5 Å². The molecule has 10 unspecified atom stereocenters. The lowest BCUT2D eigenvalue weighted by atomic mass is 9.96. The van der Waals surface area contributed by atoms with Gasteiger partial charge in [-0.25, -0.2) is 0 Å². The molecule has 13 heteroatoms. The monoisotopic (exact) mass is 528 g/mol. The lowest BCUT2D eigenvalue weighted by Gasteiger charge is -2.40. The number of aliphatic imine (C=N–C) groups is 1. The van der Waals surface area contributed by atoms with Gasteiger partial charge < -0.3 is 50.6 Å². The Bertz CT molecular complexity index is 621. The summed E-state index contributed by atoms with van der Waals surface area (Å²) in [6.07, 6.45) is -7.30. The molecule has 2 aliphatic heterocycles. The number of aliphatic hydroxyl groups is 6. The number of hydrogen-bond acceptors (Lipinski definition) is 12. The lowest BCUT2D eigenvalue weighted by Crippen LogP contribution is -2.58. The fourth-order valence-corrected chi connectivity index (χ4v) is 5.51. The molecule has 2 fully saturated rings. The Labute approximate surface area is 209 Å². The smallest absolute Gasteiger partial charge is 0.184 e. The van der Waals surface area contributed by atoms with E-state index in [0.717, 1.165) is 17.9 Å². The standard InChI is InChI=1S/C21H40N2O9S2/c1-3-5-12-15(25)17(27)19(20(29)32-12)30-7-4-8-33-9-6-23-13(22)10-34-21-18(28)16(26)14(24)11(2)31-21/h11-12,14-21,24-29H,3-10H2,1-2H3,(H2,22,23). The molecule has 2 heterocycles. The van der Waals surface area contributed by atoms with Gasteiger partial charge in [-0.15, -0.1) is 11.8 Å². The van der Waals surface area contributed by atoms with E-state index in [1.807, 2.05) is 6.92 Å². The van der Waals surface area contributed by atoms with Gasteiger partial charge in [-0.3, -0.25) is 4.99 Å². The van der Waals surface area contributed by atoms with Crippen molar-refractivity contribution in [1.82, 2.24) is 0 Å². The van der Waals surface area contributed by atoms with Crippen LogP contribution in [0.5, 0.6) is 0 Å². The molecule has 0 aromatic rings. The first-order chi connectivity index (χ1) is 16.2. The van der Waals surface area contributed by atoms with E-state index in [1.165, 1.54) is 11.8 Å². The van der Waals surface area contributed by atoms with E-state index >= 15 is 0 Å². The fraction of sp³-hybridized carbons (Fsp3) is 0.952. The minimum absolute atomic E-state index is 0.311. The zero-order valence-corrected chi connectivity index (χ0v) is 21.3. The first kappa shape index (κ1) is 30.0. The molecule has 0 aliphatic carbocycles. The number of ether oxygens (including phenoxy) is 3. The second-order valence-electron chi connectivity index (χ2n) is 8.50. The van der Waals surface area contributed by atoms with Crippen LogP contribution < -0.4 is 5.73 Å². The van der Waals surface area contributed by atoms with Crippen molar-refractivity contribution in [3.63, 3.8) is 0 Å². The Morgan fingerprint density at radius 2 is 1.71 bits per heavy atom. The molecule has 0 aromatic heterocycles. The maximum atomic E-state index is 10.2. The molecule has 0 bridgehead atoms. The van der Waals surface area contributed by atoms with E-state index in [1.54, 1.807) is 18.7 Å². The third-order valence-corrected chi connectivity index (χ3v) is 7.96.